The minimum absolute atomic E-state index is 0.168. The number of rotatable bonds is 8. The maximum absolute atomic E-state index is 9.74. The Kier molecular flexibility index (Phi) is 6.06. The van der Waals surface area contributed by atoms with E-state index in [0.717, 1.165) is 12.3 Å². The minimum Gasteiger partial charge on any atom is -0.394 e. The normalized spacial score (nSPS) is 26.0. The van der Waals surface area contributed by atoms with Crippen LogP contribution in [0.2, 0.25) is 0 Å². The third kappa shape index (κ3) is 5.51. The molecule has 0 spiro atoms. The Bertz CT molecular complexity index is 311. The van der Waals surface area contributed by atoms with Crippen LogP contribution in [0.4, 0.5) is 0 Å². The number of piperazine rings is 1. The molecule has 0 aromatic heterocycles. The van der Waals surface area contributed by atoms with E-state index in [9.17, 15) is 5.11 Å². The van der Waals surface area contributed by atoms with Gasteiger partial charge in [0.1, 0.15) is 0 Å². The first-order chi connectivity index (χ1) is 9.92. The SMILES string of the molecule is CC(C)NC(C)(CO)CC(C)N1CCN(CC2CC2)CC1. The van der Waals surface area contributed by atoms with Gasteiger partial charge in [0.15, 0.2) is 0 Å². The van der Waals surface area contributed by atoms with E-state index in [0.29, 0.717) is 12.1 Å². The molecule has 2 unspecified atom stereocenters. The smallest absolute Gasteiger partial charge is 0.0611 e. The van der Waals surface area contributed by atoms with E-state index in [1.54, 1.807) is 0 Å². The molecule has 1 heterocycles. The summed E-state index contributed by atoms with van der Waals surface area (Å²) in [7, 11) is 0. The summed E-state index contributed by atoms with van der Waals surface area (Å²) in [6, 6.07) is 0.932. The van der Waals surface area contributed by atoms with Gasteiger partial charge in [-0.05, 0) is 39.0 Å². The van der Waals surface area contributed by atoms with Crippen molar-refractivity contribution in [2.24, 2.45) is 5.92 Å². The van der Waals surface area contributed by atoms with Crippen molar-refractivity contribution in [3.8, 4) is 0 Å². The molecule has 2 fully saturated rings. The predicted molar refractivity (Wildman–Crippen MR) is 88.6 cm³/mol. The molecule has 2 N–H and O–H groups in total. The molecule has 0 radical (unpaired) electrons. The second-order valence-electron chi connectivity index (χ2n) is 7.85. The zero-order chi connectivity index (χ0) is 15.5. The highest BCUT2D eigenvalue weighted by Crippen LogP contribution is 2.30. The van der Waals surface area contributed by atoms with Gasteiger partial charge < -0.3 is 15.3 Å². The maximum atomic E-state index is 9.74. The lowest BCUT2D eigenvalue weighted by Crippen LogP contribution is -2.55. The summed E-state index contributed by atoms with van der Waals surface area (Å²) in [4.78, 5) is 5.23. The largest absolute Gasteiger partial charge is 0.394 e. The van der Waals surface area contributed by atoms with Gasteiger partial charge in [0.2, 0.25) is 0 Å². The molecule has 0 bridgehead atoms. The van der Waals surface area contributed by atoms with Gasteiger partial charge in [-0.1, -0.05) is 13.8 Å². The Morgan fingerprint density at radius 2 is 1.76 bits per heavy atom. The van der Waals surface area contributed by atoms with Gasteiger partial charge in [0.05, 0.1) is 6.61 Å². The Morgan fingerprint density at radius 1 is 1.14 bits per heavy atom. The molecule has 124 valence electrons. The van der Waals surface area contributed by atoms with Crippen molar-refractivity contribution < 1.29 is 5.11 Å². The number of nitrogens with one attached hydrogen (secondary N) is 1. The third-order valence-electron chi connectivity index (χ3n) is 4.98. The number of nitrogens with zero attached hydrogens (tertiary/aromatic N) is 2. The molecule has 2 atom stereocenters. The molecule has 4 heteroatoms. The van der Waals surface area contributed by atoms with Crippen LogP contribution in [-0.2, 0) is 0 Å². The van der Waals surface area contributed by atoms with Gasteiger partial charge >= 0.3 is 0 Å². The Labute approximate surface area is 130 Å². The number of aliphatic hydroxyl groups is 1. The highest BCUT2D eigenvalue weighted by Gasteiger charge is 2.31. The van der Waals surface area contributed by atoms with E-state index in [1.165, 1.54) is 45.6 Å². The van der Waals surface area contributed by atoms with Gasteiger partial charge in [-0.25, -0.2) is 0 Å². The summed E-state index contributed by atoms with van der Waals surface area (Å²) in [6.45, 7) is 15.1. The number of aliphatic hydroxyl groups excluding tert-OH is 1. The van der Waals surface area contributed by atoms with Crippen LogP contribution >= 0.6 is 0 Å². The summed E-state index contributed by atoms with van der Waals surface area (Å²) in [5.41, 5.74) is -0.168. The summed E-state index contributed by atoms with van der Waals surface area (Å²) >= 11 is 0. The van der Waals surface area contributed by atoms with Gasteiger partial charge in [-0.15, -0.1) is 0 Å². The van der Waals surface area contributed by atoms with Crippen molar-refractivity contribution in [1.82, 2.24) is 15.1 Å². The van der Waals surface area contributed by atoms with E-state index in [1.807, 2.05) is 0 Å². The molecule has 1 aliphatic heterocycles. The number of hydrogen-bond acceptors (Lipinski definition) is 4. The Morgan fingerprint density at radius 3 is 2.24 bits per heavy atom. The zero-order valence-electron chi connectivity index (χ0n) is 14.4. The van der Waals surface area contributed by atoms with Crippen LogP contribution in [0.5, 0.6) is 0 Å². The van der Waals surface area contributed by atoms with Crippen molar-refractivity contribution >= 4 is 0 Å². The van der Waals surface area contributed by atoms with Gasteiger partial charge in [-0.3, -0.25) is 4.90 Å². The molecule has 0 amide bonds. The monoisotopic (exact) mass is 297 g/mol. The standard InChI is InChI=1S/C17H35N3O/c1-14(2)18-17(4,13-21)11-15(3)20-9-7-19(8-10-20)12-16-5-6-16/h14-16,18,21H,5-13H2,1-4H3. The Balaban J connectivity index is 1.76. The van der Waals surface area contributed by atoms with Crippen LogP contribution in [0, 0.1) is 5.92 Å². The van der Waals surface area contributed by atoms with Crippen LogP contribution in [0.15, 0.2) is 0 Å². The van der Waals surface area contributed by atoms with Crippen LogP contribution < -0.4 is 5.32 Å². The first kappa shape index (κ1) is 17.2. The van der Waals surface area contributed by atoms with Gasteiger partial charge in [0.25, 0.3) is 0 Å². The van der Waals surface area contributed by atoms with Crippen LogP contribution in [-0.4, -0.2) is 71.9 Å². The van der Waals surface area contributed by atoms with E-state index in [-0.39, 0.29) is 12.1 Å². The van der Waals surface area contributed by atoms with E-state index in [4.69, 9.17) is 0 Å². The molecule has 1 aliphatic carbocycles. The van der Waals surface area contributed by atoms with Crippen LogP contribution in [0.3, 0.4) is 0 Å². The van der Waals surface area contributed by atoms with Crippen molar-refractivity contribution in [3.05, 3.63) is 0 Å². The molecule has 4 nitrogen and oxygen atoms in total. The average molecular weight is 297 g/mol. The second-order valence-corrected chi connectivity index (χ2v) is 7.85. The molecule has 0 aromatic rings. The summed E-state index contributed by atoms with van der Waals surface area (Å²) in [5.74, 6) is 1.00. The van der Waals surface area contributed by atoms with Crippen molar-refractivity contribution in [3.63, 3.8) is 0 Å². The molecular formula is C17H35N3O. The van der Waals surface area contributed by atoms with Gasteiger partial charge in [0, 0.05) is 50.3 Å². The molecule has 1 saturated heterocycles. The Hall–Kier alpha value is -0.160. The summed E-state index contributed by atoms with van der Waals surface area (Å²) in [5, 5.41) is 13.3. The molecule has 21 heavy (non-hydrogen) atoms. The molecule has 0 aromatic carbocycles. The van der Waals surface area contributed by atoms with E-state index >= 15 is 0 Å². The van der Waals surface area contributed by atoms with Crippen molar-refractivity contribution in [1.29, 1.82) is 0 Å². The van der Waals surface area contributed by atoms with Crippen molar-refractivity contribution in [2.45, 2.75) is 64.6 Å². The fraction of sp³-hybridized carbons (Fsp3) is 1.00. The van der Waals surface area contributed by atoms with Gasteiger partial charge in [-0.2, -0.15) is 0 Å². The highest BCUT2D eigenvalue weighted by molar-refractivity contribution is 4.90. The lowest BCUT2D eigenvalue weighted by atomic mass is 9.92. The van der Waals surface area contributed by atoms with Crippen LogP contribution in [0.25, 0.3) is 0 Å². The lowest BCUT2D eigenvalue weighted by Gasteiger charge is -2.42. The van der Waals surface area contributed by atoms with Crippen LogP contribution in [0.1, 0.15) is 47.0 Å². The lowest BCUT2D eigenvalue weighted by molar-refractivity contribution is 0.0676. The van der Waals surface area contributed by atoms with E-state index in [2.05, 4.69) is 42.8 Å². The minimum atomic E-state index is -0.168. The number of hydrogen-bond donors (Lipinski definition) is 2. The predicted octanol–water partition coefficient (Wildman–Crippen LogP) is 1.54. The fourth-order valence-corrected chi connectivity index (χ4v) is 3.70. The maximum Gasteiger partial charge on any atom is 0.0611 e. The summed E-state index contributed by atoms with van der Waals surface area (Å²) in [6.07, 6.45) is 3.91. The average Bonchev–Trinajstić information content (AvgIpc) is 3.22. The zero-order valence-corrected chi connectivity index (χ0v) is 14.4. The highest BCUT2D eigenvalue weighted by atomic mass is 16.3. The molecule has 1 saturated carbocycles. The quantitative estimate of drug-likeness (QED) is 0.713. The fourth-order valence-electron chi connectivity index (χ4n) is 3.70. The third-order valence-corrected chi connectivity index (χ3v) is 4.98. The molecule has 2 rings (SSSR count). The first-order valence-corrected chi connectivity index (χ1v) is 8.77. The molecular weight excluding hydrogens is 262 g/mol. The molecule has 2 aliphatic rings. The topological polar surface area (TPSA) is 38.7 Å². The summed E-state index contributed by atoms with van der Waals surface area (Å²) < 4.78 is 0. The van der Waals surface area contributed by atoms with E-state index < -0.39 is 0 Å². The second kappa shape index (κ2) is 7.40. The van der Waals surface area contributed by atoms with Crippen molar-refractivity contribution in [2.75, 3.05) is 39.3 Å². The first-order valence-electron chi connectivity index (χ1n) is 8.77.